The zero-order valence-electron chi connectivity index (χ0n) is 19.0. The molecule has 32 heavy (non-hydrogen) atoms. The van der Waals surface area contributed by atoms with Crippen molar-refractivity contribution in [2.45, 2.75) is 27.7 Å². The zero-order chi connectivity index (χ0) is 23.9. The summed E-state index contributed by atoms with van der Waals surface area (Å²) in [4.78, 5) is 3.93. The largest absolute Gasteiger partial charge is 3.00 e. The minimum Gasteiger partial charge on any atom is -0.411 e. The molecule has 0 bridgehead atoms. The molecule has 0 radical (unpaired) electrons. The van der Waals surface area contributed by atoms with E-state index in [1.54, 1.807) is 0 Å². The monoisotopic (exact) mass is 724 g/mol. The Bertz CT molecular complexity index is 748. The van der Waals surface area contributed by atoms with Gasteiger partial charge in [-0.05, 0) is 38.3 Å². The van der Waals surface area contributed by atoms with E-state index in [1.807, 2.05) is 73.9 Å². The second-order valence-corrected chi connectivity index (χ2v) is 12.7. The van der Waals surface area contributed by atoms with E-state index in [1.165, 1.54) is 10.6 Å². The summed E-state index contributed by atoms with van der Waals surface area (Å²) < 4.78 is 1.16. The standard InChI is InChI=1S/C13H12PS.2C5H11NS2.Au/c1-14(15,12-8-4-2-5-9-12)13-10-6-3-7-11-13;2*1-3-6(4-2)5(7)8;/h2-11H,1H2;2*3-4H2,1-2H3,(H,7,8);/q-1;;;+3/p-2. The summed E-state index contributed by atoms with van der Waals surface area (Å²) in [7, 11) is 0. The Morgan fingerprint density at radius 3 is 1.12 bits per heavy atom. The van der Waals surface area contributed by atoms with E-state index >= 15 is 0 Å². The summed E-state index contributed by atoms with van der Waals surface area (Å²) in [6.45, 7) is 16.1. The van der Waals surface area contributed by atoms with Crippen LogP contribution in [-0.4, -0.2) is 44.6 Å². The van der Waals surface area contributed by atoms with Gasteiger partial charge in [-0.15, -0.1) is 17.8 Å². The van der Waals surface area contributed by atoms with Crippen LogP contribution >= 0.6 is 30.5 Å². The first-order valence-corrected chi connectivity index (χ1v) is 14.7. The fraction of sp³-hybridized carbons (Fsp3) is 0.348. The van der Waals surface area contributed by atoms with Gasteiger partial charge < -0.3 is 59.5 Å². The Balaban J connectivity index is 0. The molecule has 180 valence electrons. The van der Waals surface area contributed by atoms with Crippen LogP contribution in [0, 0.1) is 6.66 Å². The maximum atomic E-state index is 5.68. The summed E-state index contributed by atoms with van der Waals surface area (Å²) in [5, 5.41) is 2.34. The number of hydrogen-bond acceptors (Lipinski definition) is 5. The maximum absolute atomic E-state index is 5.68. The molecule has 0 atom stereocenters. The summed E-state index contributed by atoms with van der Waals surface area (Å²) in [6, 6.07) is 18.5. The van der Waals surface area contributed by atoms with Crippen molar-refractivity contribution >= 4 is 86.8 Å². The molecule has 2 rings (SSSR count). The van der Waals surface area contributed by atoms with Crippen molar-refractivity contribution in [1.82, 2.24) is 9.80 Å². The van der Waals surface area contributed by atoms with Gasteiger partial charge in [-0.1, -0.05) is 69.3 Å². The minimum absolute atomic E-state index is 0. The third-order valence-electron chi connectivity index (χ3n) is 4.39. The molecule has 0 aliphatic heterocycles. The van der Waals surface area contributed by atoms with Gasteiger partial charge in [0.1, 0.15) is 0 Å². The van der Waals surface area contributed by atoms with E-state index < -0.39 is 6.04 Å². The molecule has 0 spiro atoms. The van der Waals surface area contributed by atoms with Crippen LogP contribution in [0.15, 0.2) is 60.7 Å². The average Bonchev–Trinajstić information content (AvgIpc) is 2.77. The van der Waals surface area contributed by atoms with E-state index in [4.69, 9.17) is 61.5 Å². The molecule has 0 unspecified atom stereocenters. The van der Waals surface area contributed by atoms with Gasteiger partial charge in [0.15, 0.2) is 0 Å². The second kappa shape index (κ2) is 19.4. The van der Waals surface area contributed by atoms with Gasteiger partial charge in [0.25, 0.3) is 0 Å². The Morgan fingerprint density at radius 2 is 0.969 bits per heavy atom. The number of nitrogens with zero attached hydrogens (tertiary/aromatic N) is 2. The van der Waals surface area contributed by atoms with Crippen molar-refractivity contribution in [3.63, 3.8) is 0 Å². The Kier molecular flexibility index (Phi) is 20.7. The predicted octanol–water partition coefficient (Wildman–Crippen LogP) is 5.23. The van der Waals surface area contributed by atoms with Crippen molar-refractivity contribution in [1.29, 1.82) is 0 Å². The van der Waals surface area contributed by atoms with Gasteiger partial charge in [-0.3, -0.25) is 6.66 Å². The van der Waals surface area contributed by atoms with Crippen LogP contribution in [0.5, 0.6) is 0 Å². The third kappa shape index (κ3) is 13.1. The number of thiocarbonyl (C=S) groups is 2. The Hall–Kier alpha value is 0.0503. The molecule has 0 amide bonds. The molecule has 0 heterocycles. The second-order valence-electron chi connectivity index (χ2n) is 6.29. The normalized spacial score (nSPS) is 9.66. The van der Waals surface area contributed by atoms with Crippen LogP contribution in [0.25, 0.3) is 0 Å². The minimum atomic E-state index is -1.81. The third-order valence-corrected chi connectivity index (χ3v) is 8.95. The van der Waals surface area contributed by atoms with Gasteiger partial charge >= 0.3 is 22.4 Å². The molecule has 9 heteroatoms. The molecule has 2 aromatic rings. The zero-order valence-corrected chi connectivity index (χ0v) is 26.1. The van der Waals surface area contributed by atoms with Crippen LogP contribution in [0.3, 0.4) is 0 Å². The molecule has 0 aliphatic rings. The van der Waals surface area contributed by atoms with E-state index in [0.29, 0.717) is 8.64 Å². The SMILES string of the molecule is CCN(CC)C(=S)[S-].CCN(CC)C(=S)[S-].[Au+3].[CH2-]P(=S)(c1ccccc1)c1ccccc1. The molecule has 0 aliphatic carbocycles. The van der Waals surface area contributed by atoms with Crippen molar-refractivity contribution in [2.75, 3.05) is 26.2 Å². The first-order valence-electron chi connectivity index (χ1n) is 10.1. The predicted molar refractivity (Wildman–Crippen MR) is 158 cm³/mol. The maximum Gasteiger partial charge on any atom is 3.00 e. The number of benzene rings is 2. The van der Waals surface area contributed by atoms with E-state index in [-0.39, 0.29) is 22.4 Å². The fourth-order valence-corrected chi connectivity index (χ4v) is 5.82. The van der Waals surface area contributed by atoms with Crippen LogP contribution in [-0.2, 0) is 59.4 Å². The van der Waals surface area contributed by atoms with Gasteiger partial charge in [-0.2, -0.15) is 0 Å². The van der Waals surface area contributed by atoms with Gasteiger partial charge in [-0.25, -0.2) is 0 Å². The van der Waals surface area contributed by atoms with E-state index in [2.05, 4.69) is 30.9 Å². The van der Waals surface area contributed by atoms with Crippen LogP contribution < -0.4 is 10.6 Å². The Labute approximate surface area is 238 Å². The molecule has 0 aromatic heterocycles. The smallest absolute Gasteiger partial charge is 0.411 e. The van der Waals surface area contributed by atoms with Crippen molar-refractivity contribution < 1.29 is 22.4 Å². The Morgan fingerprint density at radius 1 is 0.719 bits per heavy atom. The van der Waals surface area contributed by atoms with E-state index in [0.717, 1.165) is 26.2 Å². The van der Waals surface area contributed by atoms with Gasteiger partial charge in [0.2, 0.25) is 0 Å². The molecule has 0 fully saturated rings. The molecule has 2 nitrogen and oxygen atoms in total. The van der Waals surface area contributed by atoms with E-state index in [9.17, 15) is 0 Å². The summed E-state index contributed by atoms with van der Waals surface area (Å²) in [6.07, 6.45) is 0. The summed E-state index contributed by atoms with van der Waals surface area (Å²) in [5.74, 6) is 0. The van der Waals surface area contributed by atoms with Crippen LogP contribution in [0.2, 0.25) is 0 Å². The topological polar surface area (TPSA) is 6.48 Å². The molecule has 0 saturated carbocycles. The fourth-order valence-electron chi connectivity index (χ4n) is 2.45. The van der Waals surface area contributed by atoms with Crippen LogP contribution in [0.1, 0.15) is 27.7 Å². The molecule has 2 aromatic carbocycles. The first kappa shape index (κ1) is 34.2. The molecule has 0 saturated heterocycles. The van der Waals surface area contributed by atoms with Gasteiger partial charge in [0, 0.05) is 26.2 Å². The summed E-state index contributed by atoms with van der Waals surface area (Å²) >= 11 is 24.7. The van der Waals surface area contributed by atoms with Gasteiger partial charge in [0.05, 0.1) is 0 Å². The number of hydrogen-bond donors (Lipinski definition) is 0. The van der Waals surface area contributed by atoms with Crippen molar-refractivity contribution in [3.05, 3.63) is 67.3 Å². The molecular weight excluding hydrogens is 693 g/mol. The van der Waals surface area contributed by atoms with Crippen LogP contribution in [0.4, 0.5) is 0 Å². The molecule has 0 N–H and O–H groups in total. The van der Waals surface area contributed by atoms with Crippen molar-refractivity contribution in [2.24, 2.45) is 0 Å². The first-order chi connectivity index (χ1) is 14.6. The average molecular weight is 725 g/mol. The molecular formula is C23H32AuN2PS5. The quantitative estimate of drug-likeness (QED) is 0.131. The van der Waals surface area contributed by atoms with Crippen molar-refractivity contribution in [3.8, 4) is 0 Å². The summed E-state index contributed by atoms with van der Waals surface area (Å²) in [5.41, 5.74) is 0. The number of rotatable bonds is 6.